The highest BCUT2D eigenvalue weighted by atomic mass is 16.6. The summed E-state index contributed by atoms with van der Waals surface area (Å²) in [5.41, 5.74) is 6.49. The molecule has 1 saturated heterocycles. The molecule has 146 valence electrons. The average molecular weight is 383 g/mol. The van der Waals surface area contributed by atoms with Gasteiger partial charge in [-0.15, -0.1) is 0 Å². The van der Waals surface area contributed by atoms with Gasteiger partial charge in [-0.2, -0.15) is 0 Å². The number of benzene rings is 2. The molecule has 2 aromatic carbocycles. The van der Waals surface area contributed by atoms with E-state index in [0.29, 0.717) is 31.9 Å². The molecule has 1 unspecified atom stereocenters. The first-order chi connectivity index (χ1) is 13.5. The number of nitrogens with zero attached hydrogens (tertiary/aromatic N) is 3. The van der Waals surface area contributed by atoms with Crippen LogP contribution in [0.15, 0.2) is 54.6 Å². The summed E-state index contributed by atoms with van der Waals surface area (Å²) in [6.45, 7) is 2.02. The first kappa shape index (κ1) is 19.3. The van der Waals surface area contributed by atoms with Crippen LogP contribution in [0.3, 0.4) is 0 Å². The number of carbonyl (C=O) groups is 2. The maximum Gasteiger partial charge on any atom is 0.318 e. The second-order valence-corrected chi connectivity index (χ2v) is 6.44. The lowest BCUT2D eigenvalue weighted by Crippen LogP contribution is -2.52. The van der Waals surface area contributed by atoms with Gasteiger partial charge < -0.3 is 10.6 Å². The summed E-state index contributed by atoms with van der Waals surface area (Å²) in [5, 5.41) is 13.4. The van der Waals surface area contributed by atoms with Gasteiger partial charge in [0.25, 0.3) is 5.69 Å². The predicted molar refractivity (Wildman–Crippen MR) is 104 cm³/mol. The molecule has 2 aromatic rings. The Hall–Kier alpha value is -3.46. The quantitative estimate of drug-likeness (QED) is 0.598. The fourth-order valence-electron chi connectivity index (χ4n) is 3.46. The topological polar surface area (TPSA) is 122 Å². The van der Waals surface area contributed by atoms with Crippen molar-refractivity contribution in [2.75, 3.05) is 31.1 Å². The summed E-state index contributed by atoms with van der Waals surface area (Å²) in [4.78, 5) is 38.5. The molecular weight excluding hydrogens is 362 g/mol. The number of para-hydroxylation sites is 2. The number of nitro groups is 1. The van der Waals surface area contributed by atoms with Crippen LogP contribution in [0.1, 0.15) is 11.6 Å². The van der Waals surface area contributed by atoms with Crippen LogP contribution in [0.5, 0.6) is 0 Å². The summed E-state index contributed by atoms with van der Waals surface area (Å²) >= 11 is 0. The molecule has 1 aliphatic heterocycles. The third-order valence-corrected chi connectivity index (χ3v) is 4.71. The molecule has 0 saturated carbocycles. The molecule has 9 nitrogen and oxygen atoms in total. The molecule has 9 heteroatoms. The Kier molecular flexibility index (Phi) is 5.85. The second kappa shape index (κ2) is 8.49. The monoisotopic (exact) mass is 383 g/mol. The van der Waals surface area contributed by atoms with Gasteiger partial charge in [0.05, 0.1) is 4.92 Å². The van der Waals surface area contributed by atoms with Crippen molar-refractivity contribution in [3.05, 3.63) is 70.3 Å². The highest BCUT2D eigenvalue weighted by Gasteiger charge is 2.32. The SMILES string of the molecule is NC(=O)NC(=O)C(c1ccccc1)N1CCN(c2ccccc2[N+](=O)[O-])CC1. The van der Waals surface area contributed by atoms with Gasteiger partial charge in [0, 0.05) is 32.2 Å². The number of anilines is 1. The minimum Gasteiger partial charge on any atom is -0.363 e. The highest BCUT2D eigenvalue weighted by Crippen LogP contribution is 2.30. The molecule has 3 rings (SSSR count). The zero-order valence-electron chi connectivity index (χ0n) is 15.2. The summed E-state index contributed by atoms with van der Waals surface area (Å²) < 4.78 is 0. The van der Waals surface area contributed by atoms with Gasteiger partial charge in [-0.05, 0) is 11.6 Å². The van der Waals surface area contributed by atoms with Crippen molar-refractivity contribution in [3.8, 4) is 0 Å². The minimum absolute atomic E-state index is 0.0574. The Bertz CT molecular complexity index is 866. The maximum atomic E-state index is 12.6. The van der Waals surface area contributed by atoms with Gasteiger partial charge in [-0.3, -0.25) is 25.1 Å². The number of hydrogen-bond acceptors (Lipinski definition) is 6. The van der Waals surface area contributed by atoms with Crippen LogP contribution >= 0.6 is 0 Å². The van der Waals surface area contributed by atoms with Gasteiger partial charge >= 0.3 is 6.03 Å². The molecule has 1 aliphatic rings. The number of nitrogens with one attached hydrogen (secondary N) is 1. The average Bonchev–Trinajstić information content (AvgIpc) is 2.69. The normalized spacial score (nSPS) is 15.6. The van der Waals surface area contributed by atoms with Crippen LogP contribution in [0.2, 0.25) is 0 Å². The molecular formula is C19H21N5O4. The Morgan fingerprint density at radius 3 is 2.21 bits per heavy atom. The lowest BCUT2D eigenvalue weighted by Gasteiger charge is -2.39. The number of urea groups is 1. The molecule has 3 amide bonds. The van der Waals surface area contributed by atoms with Crippen LogP contribution in [-0.4, -0.2) is 47.9 Å². The number of piperazine rings is 1. The van der Waals surface area contributed by atoms with Crippen molar-refractivity contribution >= 4 is 23.3 Å². The molecule has 0 bridgehead atoms. The van der Waals surface area contributed by atoms with E-state index >= 15 is 0 Å². The number of imide groups is 1. The number of nitrogens with two attached hydrogens (primary N) is 1. The molecule has 0 spiro atoms. The van der Waals surface area contributed by atoms with Crippen molar-refractivity contribution < 1.29 is 14.5 Å². The number of rotatable bonds is 5. The fraction of sp³-hybridized carbons (Fsp3) is 0.263. The predicted octanol–water partition coefficient (Wildman–Crippen LogP) is 1.65. The number of primary amides is 1. The van der Waals surface area contributed by atoms with E-state index in [1.54, 1.807) is 18.2 Å². The van der Waals surface area contributed by atoms with Crippen LogP contribution < -0.4 is 16.0 Å². The van der Waals surface area contributed by atoms with Gasteiger partial charge in [0.15, 0.2) is 0 Å². The van der Waals surface area contributed by atoms with Crippen molar-refractivity contribution in [2.24, 2.45) is 5.73 Å². The van der Waals surface area contributed by atoms with Crippen molar-refractivity contribution in [1.29, 1.82) is 0 Å². The standard InChI is InChI=1S/C19H21N5O4/c20-19(26)21-18(25)17(14-6-2-1-3-7-14)23-12-10-22(11-13-23)15-8-4-5-9-16(15)24(27)28/h1-9,17H,10-13H2,(H3,20,21,25,26). The molecule has 1 fully saturated rings. The minimum atomic E-state index is -0.899. The number of hydrogen-bond donors (Lipinski definition) is 2. The molecule has 0 aliphatic carbocycles. The van der Waals surface area contributed by atoms with Crippen molar-refractivity contribution in [1.82, 2.24) is 10.2 Å². The third-order valence-electron chi connectivity index (χ3n) is 4.71. The smallest absolute Gasteiger partial charge is 0.318 e. The number of amides is 3. The second-order valence-electron chi connectivity index (χ2n) is 6.44. The van der Waals surface area contributed by atoms with E-state index in [1.165, 1.54) is 6.07 Å². The first-order valence-electron chi connectivity index (χ1n) is 8.85. The summed E-state index contributed by atoms with van der Waals surface area (Å²) in [6, 6.07) is 14.2. The third kappa shape index (κ3) is 4.26. The van der Waals surface area contributed by atoms with E-state index < -0.39 is 22.9 Å². The van der Waals surface area contributed by atoms with Crippen LogP contribution in [0.4, 0.5) is 16.2 Å². The highest BCUT2D eigenvalue weighted by molar-refractivity contribution is 5.96. The first-order valence-corrected chi connectivity index (χ1v) is 8.85. The molecule has 28 heavy (non-hydrogen) atoms. The molecule has 0 radical (unpaired) electrons. The van der Waals surface area contributed by atoms with E-state index in [2.05, 4.69) is 5.32 Å². The van der Waals surface area contributed by atoms with Gasteiger partial charge in [0.2, 0.25) is 5.91 Å². The van der Waals surface area contributed by atoms with E-state index in [1.807, 2.05) is 40.1 Å². The van der Waals surface area contributed by atoms with Crippen LogP contribution in [0.25, 0.3) is 0 Å². The van der Waals surface area contributed by atoms with E-state index in [4.69, 9.17) is 5.73 Å². The van der Waals surface area contributed by atoms with Gasteiger partial charge in [-0.25, -0.2) is 4.79 Å². The number of carbonyl (C=O) groups excluding carboxylic acids is 2. The lowest BCUT2D eigenvalue weighted by atomic mass is 10.0. The van der Waals surface area contributed by atoms with E-state index in [0.717, 1.165) is 5.56 Å². The summed E-state index contributed by atoms with van der Waals surface area (Å²) in [7, 11) is 0. The Morgan fingerprint density at radius 2 is 1.61 bits per heavy atom. The Morgan fingerprint density at radius 1 is 1.00 bits per heavy atom. The lowest BCUT2D eigenvalue weighted by molar-refractivity contribution is -0.384. The summed E-state index contributed by atoms with van der Waals surface area (Å²) in [5.74, 6) is -0.488. The molecule has 1 heterocycles. The maximum absolute atomic E-state index is 12.6. The van der Waals surface area contributed by atoms with Gasteiger partial charge in [-0.1, -0.05) is 42.5 Å². The fourth-order valence-corrected chi connectivity index (χ4v) is 3.46. The largest absolute Gasteiger partial charge is 0.363 e. The van der Waals surface area contributed by atoms with Crippen LogP contribution in [0, 0.1) is 10.1 Å². The van der Waals surface area contributed by atoms with E-state index in [9.17, 15) is 19.7 Å². The van der Waals surface area contributed by atoms with Crippen molar-refractivity contribution in [2.45, 2.75) is 6.04 Å². The van der Waals surface area contributed by atoms with Crippen molar-refractivity contribution in [3.63, 3.8) is 0 Å². The summed E-state index contributed by atoms with van der Waals surface area (Å²) in [6.07, 6.45) is 0. The molecule has 3 N–H and O–H groups in total. The zero-order chi connectivity index (χ0) is 20.1. The van der Waals surface area contributed by atoms with E-state index in [-0.39, 0.29) is 5.69 Å². The van der Waals surface area contributed by atoms with Crippen LogP contribution in [-0.2, 0) is 4.79 Å². The Labute approximate surface area is 161 Å². The Balaban J connectivity index is 1.78. The van der Waals surface area contributed by atoms with Gasteiger partial charge in [0.1, 0.15) is 11.7 Å². The molecule has 0 aromatic heterocycles. The number of nitro benzene ring substituents is 1. The molecule has 1 atom stereocenters. The zero-order valence-corrected chi connectivity index (χ0v) is 15.2.